The van der Waals surface area contributed by atoms with Gasteiger partial charge in [-0.1, -0.05) is 150 Å². The van der Waals surface area contributed by atoms with Gasteiger partial charge >= 0.3 is 7.82 Å². The molecule has 4 nitrogen and oxygen atoms in total. The van der Waals surface area contributed by atoms with Gasteiger partial charge in [0.1, 0.15) is 0 Å². The van der Waals surface area contributed by atoms with Crippen molar-refractivity contribution < 1.29 is 18.1 Å². The van der Waals surface area contributed by atoms with Crippen LogP contribution in [0.4, 0.5) is 0 Å². The fraction of sp³-hybridized carbons (Fsp3) is 1.00. The molecule has 176 valence electrons. The number of alkyl halides is 13. The summed E-state index contributed by atoms with van der Waals surface area (Å²) in [4.78, 5) is 0. The predicted molar refractivity (Wildman–Crippen MR) is 138 cm³/mol. The van der Waals surface area contributed by atoms with Gasteiger partial charge in [0, 0.05) is 22.0 Å². The van der Waals surface area contributed by atoms with Crippen LogP contribution in [0.1, 0.15) is 13.8 Å². The highest BCUT2D eigenvalue weighted by atomic mass is 79.9. The van der Waals surface area contributed by atoms with Gasteiger partial charge in [0.05, 0.1) is 0 Å². The maximum Gasteiger partial charge on any atom is 0.482 e. The Kier molecular flexibility index (Phi) is 13.5. The molecule has 1 atom stereocenters. The van der Waals surface area contributed by atoms with Crippen LogP contribution in [-0.2, 0) is 18.1 Å². The first-order chi connectivity index (χ1) is 12.6. The summed E-state index contributed by atoms with van der Waals surface area (Å²) in [7, 11) is -5.06. The van der Waals surface area contributed by atoms with E-state index in [2.05, 4.69) is 47.8 Å². The lowest BCUT2D eigenvalue weighted by Crippen LogP contribution is -2.45. The molecule has 0 amide bonds. The van der Waals surface area contributed by atoms with Crippen molar-refractivity contribution in [3.8, 4) is 0 Å². The quantitative estimate of drug-likeness (QED) is 0.145. The van der Waals surface area contributed by atoms with E-state index in [0.717, 1.165) is 0 Å². The average molecular weight is 833 g/mol. The monoisotopic (exact) mass is 825 g/mol. The van der Waals surface area contributed by atoms with Crippen LogP contribution < -0.4 is 0 Å². The average Bonchev–Trinajstić information content (AvgIpc) is 2.51. The maximum absolute atomic E-state index is 13.5. The highest BCUT2D eigenvalue weighted by Gasteiger charge is 2.61. The Morgan fingerprint density at radius 1 is 0.759 bits per heavy atom. The minimum atomic E-state index is -5.06. The molecule has 0 saturated carbocycles. The van der Waals surface area contributed by atoms with E-state index >= 15 is 0 Å². The molecule has 1 unspecified atom stereocenters. The first-order valence-corrected chi connectivity index (χ1v) is 15.3. The smallest absolute Gasteiger partial charge is 0.253 e. The molecule has 0 aromatic carbocycles. The second kappa shape index (κ2) is 11.7. The summed E-state index contributed by atoms with van der Waals surface area (Å²) in [6, 6.07) is 0. The van der Waals surface area contributed by atoms with Crippen LogP contribution in [0.25, 0.3) is 0 Å². The number of hydrogen-bond acceptors (Lipinski definition) is 4. The summed E-state index contributed by atoms with van der Waals surface area (Å²) < 4.78 is 17.8. The maximum atomic E-state index is 13.5. The number of halogens is 13. The molecule has 0 bridgehead atoms. The second-order valence-electron chi connectivity index (χ2n) is 5.97. The molecule has 0 rings (SSSR count). The number of phosphoric ester groups is 1. The van der Waals surface area contributed by atoms with Crippen molar-refractivity contribution in [3.63, 3.8) is 0 Å². The van der Waals surface area contributed by atoms with Gasteiger partial charge in [-0.15, -0.1) is 11.6 Å². The van der Waals surface area contributed by atoms with Gasteiger partial charge in [0.15, 0.2) is 8.67 Å². The zero-order chi connectivity index (χ0) is 23.7. The van der Waals surface area contributed by atoms with Crippen molar-refractivity contribution in [2.24, 2.45) is 5.41 Å². The SMILES string of the molecule is CC(C)(CCl)C(Cl)(Br)OP(=O)(OC(Cl)(Cl)C(Cl)(Cl)CBr)OC(Cl)(Cl)C(Cl)(Cl)CBr. The molecule has 0 aliphatic carbocycles. The minimum absolute atomic E-state index is 0.0752. The first kappa shape index (κ1) is 33.4. The molecule has 0 aliphatic heterocycles. The standard InChI is InChI=1S/C11H12Br3Cl10O4P/c1-6(2,5-15)9(14,20)26-29(25,27-10(21,22)7(16,17)3-12)28-11(23,24)8(18,19)4-13/h3-5H2,1-2H3. The van der Waals surface area contributed by atoms with Gasteiger partial charge < -0.3 is 0 Å². The molecule has 0 aliphatic rings. The van der Waals surface area contributed by atoms with Crippen LogP contribution in [0.15, 0.2) is 0 Å². The van der Waals surface area contributed by atoms with E-state index in [4.69, 9.17) is 130 Å². The molecule has 0 spiro atoms. The lowest BCUT2D eigenvalue weighted by molar-refractivity contribution is 0.0265. The Balaban J connectivity index is 6.31. The van der Waals surface area contributed by atoms with Crippen molar-refractivity contribution in [2.75, 3.05) is 16.5 Å². The van der Waals surface area contributed by atoms with Gasteiger partial charge in [-0.05, 0) is 15.9 Å². The summed E-state index contributed by atoms with van der Waals surface area (Å²) in [5.41, 5.74) is -1.08. The van der Waals surface area contributed by atoms with E-state index in [1.807, 2.05) is 0 Å². The van der Waals surface area contributed by atoms with Crippen LogP contribution >= 0.6 is 172 Å². The topological polar surface area (TPSA) is 44.8 Å². The third-order valence-electron chi connectivity index (χ3n) is 2.99. The summed E-state index contributed by atoms with van der Waals surface area (Å²) >= 11 is 69.4. The van der Waals surface area contributed by atoms with Crippen LogP contribution in [0.2, 0.25) is 0 Å². The largest absolute Gasteiger partial charge is 0.482 e. The van der Waals surface area contributed by atoms with E-state index in [-0.39, 0.29) is 16.5 Å². The Bertz CT molecular complexity index is 539. The predicted octanol–water partition coefficient (Wildman–Crippen LogP) is 10.1. The lowest BCUT2D eigenvalue weighted by atomic mass is 9.98. The Hall–Kier alpha value is 4.45. The van der Waals surface area contributed by atoms with Gasteiger partial charge in [0.25, 0.3) is 9.04 Å². The van der Waals surface area contributed by atoms with Gasteiger partial charge in [0.2, 0.25) is 3.97 Å². The van der Waals surface area contributed by atoms with E-state index in [1.54, 1.807) is 13.8 Å². The number of rotatable bonds is 12. The van der Waals surface area contributed by atoms with E-state index < -0.39 is 34.9 Å². The zero-order valence-corrected chi connectivity index (χ0v) is 27.3. The number of hydrogen-bond donors (Lipinski definition) is 0. The molecular weight excluding hydrogens is 821 g/mol. The molecule has 0 aromatic rings. The van der Waals surface area contributed by atoms with Gasteiger partial charge in [-0.3, -0.25) is 4.52 Å². The third kappa shape index (κ3) is 8.81. The zero-order valence-electron chi connectivity index (χ0n) is 14.1. The van der Waals surface area contributed by atoms with Crippen LogP contribution in [0.5, 0.6) is 0 Å². The molecule has 0 saturated heterocycles. The molecule has 0 aromatic heterocycles. The van der Waals surface area contributed by atoms with Crippen molar-refractivity contribution in [2.45, 2.75) is 35.5 Å². The Labute approximate surface area is 244 Å². The van der Waals surface area contributed by atoms with E-state index in [1.165, 1.54) is 0 Å². The summed E-state index contributed by atoms with van der Waals surface area (Å²) in [6.45, 7) is 3.13. The van der Waals surface area contributed by atoms with E-state index in [9.17, 15) is 4.57 Å². The van der Waals surface area contributed by atoms with Crippen molar-refractivity contribution in [1.29, 1.82) is 0 Å². The molecule has 29 heavy (non-hydrogen) atoms. The summed E-state index contributed by atoms with van der Waals surface area (Å²) in [6.07, 6.45) is 0. The fourth-order valence-electron chi connectivity index (χ4n) is 0.968. The minimum Gasteiger partial charge on any atom is -0.253 e. The first-order valence-electron chi connectivity index (χ1n) is 6.84. The molecule has 0 fully saturated rings. The van der Waals surface area contributed by atoms with Crippen LogP contribution in [0.3, 0.4) is 0 Å². The molecule has 0 N–H and O–H groups in total. The van der Waals surface area contributed by atoms with Crippen molar-refractivity contribution >= 4 is 172 Å². The fourth-order valence-corrected chi connectivity index (χ4v) is 6.98. The van der Waals surface area contributed by atoms with E-state index in [0.29, 0.717) is 0 Å². The Morgan fingerprint density at radius 3 is 1.31 bits per heavy atom. The highest BCUT2D eigenvalue weighted by Crippen LogP contribution is 2.68. The van der Waals surface area contributed by atoms with Gasteiger partial charge in [-0.2, -0.15) is 0 Å². The van der Waals surface area contributed by atoms with Crippen molar-refractivity contribution in [1.82, 2.24) is 0 Å². The van der Waals surface area contributed by atoms with Crippen LogP contribution in [0, 0.1) is 5.41 Å². The Morgan fingerprint density at radius 2 is 1.07 bits per heavy atom. The third-order valence-corrected chi connectivity index (χ3v) is 14.7. The summed E-state index contributed by atoms with van der Waals surface area (Å²) in [5.74, 6) is -0.0752. The molecule has 0 heterocycles. The van der Waals surface area contributed by atoms with Crippen LogP contribution in [-0.4, -0.2) is 38.2 Å². The van der Waals surface area contributed by atoms with Crippen molar-refractivity contribution in [3.05, 3.63) is 0 Å². The molecular formula is C11H12Br3Cl10O4P. The molecule has 0 radical (unpaired) electrons. The number of phosphoric acid groups is 1. The molecule has 18 heteroatoms. The summed E-state index contributed by atoms with van der Waals surface area (Å²) in [5, 5.41) is -0.459. The second-order valence-corrected chi connectivity index (χ2v) is 16.4. The van der Waals surface area contributed by atoms with Gasteiger partial charge in [-0.25, -0.2) is 13.6 Å². The normalized spacial score (nSPS) is 17.3. The highest BCUT2D eigenvalue weighted by molar-refractivity contribution is 9.10. The lowest BCUT2D eigenvalue weighted by Gasteiger charge is -2.41.